The molecule has 0 unspecified atom stereocenters. The molecular weight excluding hydrogens is 557 g/mol. The maximum atomic E-state index is 14.6. The third-order valence-electron chi connectivity index (χ3n) is 5.91. The van der Waals surface area contributed by atoms with E-state index in [0.717, 1.165) is 12.1 Å². The molecule has 2 heterocycles. The van der Waals surface area contributed by atoms with Crippen molar-refractivity contribution in [3.05, 3.63) is 86.1 Å². The zero-order valence-electron chi connectivity index (χ0n) is 19.9. The predicted molar refractivity (Wildman–Crippen MR) is 130 cm³/mol. The fourth-order valence-corrected chi connectivity index (χ4v) is 5.21. The van der Waals surface area contributed by atoms with E-state index in [1.807, 2.05) is 4.98 Å². The molecular formula is C25H19F7N2O4S. The molecule has 2 aromatic carbocycles. The fourth-order valence-electron chi connectivity index (χ4n) is 3.90. The second-order valence-corrected chi connectivity index (χ2v) is 9.57. The van der Waals surface area contributed by atoms with Gasteiger partial charge in [-0.2, -0.15) is 22.0 Å². The van der Waals surface area contributed by atoms with Gasteiger partial charge in [0.25, 0.3) is 5.56 Å². The summed E-state index contributed by atoms with van der Waals surface area (Å²) in [7, 11) is 0. The Bertz CT molecular complexity index is 1610. The first-order valence-corrected chi connectivity index (χ1v) is 12.0. The van der Waals surface area contributed by atoms with Gasteiger partial charge in [0.15, 0.2) is 6.10 Å². The van der Waals surface area contributed by atoms with Crippen LogP contribution in [0.4, 0.5) is 30.7 Å². The maximum absolute atomic E-state index is 14.6. The molecule has 4 rings (SSSR count). The first-order chi connectivity index (χ1) is 18.2. The smallest absolute Gasteiger partial charge is 0.416 e. The minimum atomic E-state index is -5.07. The number of H-pyrrole nitrogens is 1. The molecule has 14 heteroatoms. The fraction of sp³-hybridized carbons (Fsp3) is 0.280. The van der Waals surface area contributed by atoms with E-state index in [1.165, 1.54) is 13.0 Å². The number of aryl methyl sites for hydroxylation is 1. The highest BCUT2D eigenvalue weighted by Gasteiger charge is 2.45. The van der Waals surface area contributed by atoms with Gasteiger partial charge in [0, 0.05) is 4.88 Å². The first kappa shape index (κ1) is 28.4. The molecule has 1 atom stereocenters. The van der Waals surface area contributed by atoms with Crippen LogP contribution in [-0.2, 0) is 19.1 Å². The lowest BCUT2D eigenvalue weighted by Crippen LogP contribution is -2.38. The number of hydrogen-bond donors (Lipinski definition) is 2. The molecule has 39 heavy (non-hydrogen) atoms. The Kier molecular flexibility index (Phi) is 7.63. The van der Waals surface area contributed by atoms with Crippen molar-refractivity contribution in [2.45, 2.75) is 44.7 Å². The highest BCUT2D eigenvalue weighted by molar-refractivity contribution is 7.22. The van der Waals surface area contributed by atoms with Crippen LogP contribution in [0.25, 0.3) is 20.7 Å². The Hall–Kier alpha value is -3.65. The van der Waals surface area contributed by atoms with Crippen molar-refractivity contribution < 1.29 is 40.6 Å². The Balaban J connectivity index is 1.85. The van der Waals surface area contributed by atoms with Gasteiger partial charge in [-0.15, -0.1) is 11.3 Å². The molecule has 0 aliphatic rings. The number of benzene rings is 2. The first-order valence-electron chi connectivity index (χ1n) is 11.2. The molecule has 0 aliphatic heterocycles. The van der Waals surface area contributed by atoms with Crippen LogP contribution >= 0.6 is 11.3 Å². The number of rotatable bonds is 8. The number of aromatic nitrogens is 2. The molecule has 208 valence electrons. The van der Waals surface area contributed by atoms with Crippen LogP contribution in [0, 0.1) is 6.92 Å². The van der Waals surface area contributed by atoms with E-state index in [0.29, 0.717) is 21.5 Å². The number of halogens is 7. The van der Waals surface area contributed by atoms with E-state index in [1.54, 1.807) is 30.3 Å². The van der Waals surface area contributed by atoms with Crippen molar-refractivity contribution in [1.82, 2.24) is 9.55 Å². The van der Waals surface area contributed by atoms with Crippen LogP contribution in [0.3, 0.4) is 0 Å². The van der Waals surface area contributed by atoms with Crippen LogP contribution in [-0.4, -0.2) is 33.4 Å². The molecule has 4 aromatic rings. The van der Waals surface area contributed by atoms with Crippen LogP contribution < -0.4 is 16.0 Å². The summed E-state index contributed by atoms with van der Waals surface area (Å²) in [4.78, 5) is 26.5. The van der Waals surface area contributed by atoms with Crippen LogP contribution in [0.2, 0.25) is 0 Å². The van der Waals surface area contributed by atoms with Gasteiger partial charge in [0.05, 0.1) is 17.5 Å². The molecule has 0 saturated carbocycles. The summed E-state index contributed by atoms with van der Waals surface area (Å²) in [5, 5.41) is 9.27. The summed E-state index contributed by atoms with van der Waals surface area (Å²) in [5.41, 5.74) is -2.68. The van der Waals surface area contributed by atoms with E-state index in [2.05, 4.69) is 0 Å². The second kappa shape index (κ2) is 10.5. The summed E-state index contributed by atoms with van der Waals surface area (Å²) in [6, 6.07) is 11.4. The van der Waals surface area contributed by atoms with Gasteiger partial charge in [0.1, 0.15) is 17.2 Å². The molecule has 2 N–H and O–H groups in total. The standard InChI is InChI=1S/C25H19F7N2O4S/c1-12-18-20(36)33-23(37)34(10-17(35)25(30,31)32)21(18)39-19(12)14-7-8-16(15(9-14)24(28,29)22(26)27)38-11-13-5-3-2-4-6-13/h2-9,17,22,35H,10-11H2,1H3,(H,33,36,37)/t17-/m1/s1. The van der Waals surface area contributed by atoms with E-state index < -0.39 is 53.7 Å². The Morgan fingerprint density at radius 3 is 2.33 bits per heavy atom. The number of alkyl halides is 7. The van der Waals surface area contributed by atoms with Crippen molar-refractivity contribution in [2.24, 2.45) is 0 Å². The zero-order valence-corrected chi connectivity index (χ0v) is 20.7. The Labute approximate surface area is 218 Å². The van der Waals surface area contributed by atoms with Gasteiger partial charge in [0.2, 0.25) is 0 Å². The van der Waals surface area contributed by atoms with Crippen molar-refractivity contribution in [1.29, 1.82) is 0 Å². The maximum Gasteiger partial charge on any atom is 0.416 e. The Morgan fingerprint density at radius 2 is 1.72 bits per heavy atom. The topological polar surface area (TPSA) is 84.3 Å². The number of nitrogens with one attached hydrogen (secondary N) is 1. The van der Waals surface area contributed by atoms with Gasteiger partial charge in [-0.1, -0.05) is 30.3 Å². The SMILES string of the molecule is Cc1c(-c2ccc(OCc3ccccc3)c(C(F)(F)C(F)F)c2)sc2c1c(=O)[nH]c(=O)n2C[C@@H](O)C(F)(F)F. The van der Waals surface area contributed by atoms with Gasteiger partial charge in [-0.3, -0.25) is 14.3 Å². The number of aliphatic hydroxyl groups is 1. The van der Waals surface area contributed by atoms with Crippen molar-refractivity contribution in [2.75, 3.05) is 0 Å². The largest absolute Gasteiger partial charge is 0.488 e. The van der Waals surface area contributed by atoms with Crippen LogP contribution in [0.15, 0.2) is 58.1 Å². The molecule has 0 aliphatic carbocycles. The van der Waals surface area contributed by atoms with E-state index in [9.17, 15) is 45.4 Å². The van der Waals surface area contributed by atoms with Gasteiger partial charge in [-0.05, 0) is 41.8 Å². The normalized spacial score (nSPS) is 13.3. The lowest BCUT2D eigenvalue weighted by Gasteiger charge is -2.20. The molecule has 0 amide bonds. The van der Waals surface area contributed by atoms with Crippen LogP contribution in [0.1, 0.15) is 16.7 Å². The third-order valence-corrected chi connectivity index (χ3v) is 7.28. The summed E-state index contributed by atoms with van der Waals surface area (Å²) >= 11 is 0.620. The van der Waals surface area contributed by atoms with Gasteiger partial charge < -0.3 is 9.84 Å². The highest BCUT2D eigenvalue weighted by Crippen LogP contribution is 2.44. The van der Waals surface area contributed by atoms with E-state index >= 15 is 0 Å². The quantitative estimate of drug-likeness (QED) is 0.268. The lowest BCUT2D eigenvalue weighted by molar-refractivity contribution is -0.207. The summed E-state index contributed by atoms with van der Waals surface area (Å²) in [6.07, 6.45) is -12.1. The number of hydrogen-bond acceptors (Lipinski definition) is 5. The molecule has 0 spiro atoms. The molecule has 0 fully saturated rings. The number of ether oxygens (including phenoxy) is 1. The third kappa shape index (κ3) is 5.57. The molecule has 2 aromatic heterocycles. The van der Waals surface area contributed by atoms with E-state index in [-0.39, 0.29) is 32.8 Å². The number of fused-ring (bicyclic) bond motifs is 1. The minimum Gasteiger partial charge on any atom is -0.488 e. The summed E-state index contributed by atoms with van der Waals surface area (Å²) < 4.78 is 101. The average molecular weight is 576 g/mol. The number of aliphatic hydroxyl groups excluding tert-OH is 1. The minimum absolute atomic E-state index is 0.0640. The zero-order chi connectivity index (χ0) is 28.7. The molecule has 6 nitrogen and oxygen atoms in total. The number of thiophene rings is 1. The summed E-state index contributed by atoms with van der Waals surface area (Å²) in [5.74, 6) is -5.15. The average Bonchev–Trinajstić information content (AvgIpc) is 3.22. The molecule has 0 bridgehead atoms. The molecule has 0 radical (unpaired) electrons. The van der Waals surface area contributed by atoms with Crippen LogP contribution in [0.5, 0.6) is 5.75 Å². The number of nitrogens with zero attached hydrogens (tertiary/aromatic N) is 1. The number of aromatic amines is 1. The highest BCUT2D eigenvalue weighted by atomic mass is 32.1. The van der Waals surface area contributed by atoms with E-state index in [4.69, 9.17) is 4.74 Å². The Morgan fingerprint density at radius 1 is 1.05 bits per heavy atom. The van der Waals surface area contributed by atoms with Crippen molar-refractivity contribution in [3.63, 3.8) is 0 Å². The molecule has 0 saturated heterocycles. The van der Waals surface area contributed by atoms with Crippen molar-refractivity contribution >= 4 is 21.6 Å². The second-order valence-electron chi connectivity index (χ2n) is 8.57. The van der Waals surface area contributed by atoms with Gasteiger partial charge >= 0.3 is 24.2 Å². The predicted octanol–water partition coefficient (Wildman–Crippen LogP) is 5.59. The monoisotopic (exact) mass is 576 g/mol. The summed E-state index contributed by atoms with van der Waals surface area (Å²) in [6.45, 7) is -0.0727. The lowest BCUT2D eigenvalue weighted by atomic mass is 10.0. The van der Waals surface area contributed by atoms with Crippen molar-refractivity contribution in [3.8, 4) is 16.2 Å². The van der Waals surface area contributed by atoms with Gasteiger partial charge in [-0.25, -0.2) is 13.6 Å².